The van der Waals surface area contributed by atoms with E-state index in [0.717, 1.165) is 40.1 Å². The summed E-state index contributed by atoms with van der Waals surface area (Å²) < 4.78 is 1.82. The fraction of sp³-hybridized carbons (Fsp3) is 0.391. The van der Waals surface area contributed by atoms with E-state index < -0.39 is 5.60 Å². The summed E-state index contributed by atoms with van der Waals surface area (Å²) in [7, 11) is 1.77. The van der Waals surface area contributed by atoms with Gasteiger partial charge in [0.25, 0.3) is 0 Å². The lowest BCUT2D eigenvalue weighted by Gasteiger charge is -2.30. The van der Waals surface area contributed by atoms with Crippen molar-refractivity contribution in [1.29, 1.82) is 0 Å². The third kappa shape index (κ3) is 3.93. The molecule has 32 heavy (non-hydrogen) atoms. The number of aliphatic hydroxyl groups is 1. The molecule has 0 saturated heterocycles. The van der Waals surface area contributed by atoms with Gasteiger partial charge in [-0.15, -0.1) is 11.3 Å². The highest BCUT2D eigenvalue weighted by Gasteiger charge is 2.32. The fourth-order valence-corrected chi connectivity index (χ4v) is 5.79. The molecule has 1 amide bonds. The van der Waals surface area contributed by atoms with E-state index in [4.69, 9.17) is 0 Å². The number of hydrogen-bond donors (Lipinski definition) is 2. The lowest BCUT2D eigenvalue weighted by atomic mass is 9.86. The van der Waals surface area contributed by atoms with Crippen molar-refractivity contribution in [2.24, 2.45) is 5.92 Å². The molecule has 0 radical (unpaired) electrons. The van der Waals surface area contributed by atoms with Crippen molar-refractivity contribution >= 4 is 44.5 Å². The number of amides is 1. The smallest absolute Gasteiger partial charge is 0.225 e. The minimum Gasteiger partial charge on any atom is -0.389 e. The molecule has 1 aliphatic rings. The Morgan fingerprint density at radius 1 is 1.38 bits per heavy atom. The Labute approximate surface area is 189 Å². The monoisotopic (exact) mass is 450 g/mol. The van der Waals surface area contributed by atoms with Crippen molar-refractivity contribution in [2.75, 3.05) is 18.9 Å². The number of hydrogen-bond acceptors (Lipinski definition) is 7. The molecular formula is C23H26N6O2S. The first-order chi connectivity index (χ1) is 15.3. The summed E-state index contributed by atoms with van der Waals surface area (Å²) >= 11 is 1.65. The average molecular weight is 451 g/mol. The van der Waals surface area contributed by atoms with E-state index >= 15 is 0 Å². The number of rotatable bonds is 5. The molecule has 4 heterocycles. The van der Waals surface area contributed by atoms with Gasteiger partial charge in [-0.3, -0.25) is 4.79 Å². The minimum atomic E-state index is -0.905. The molecule has 0 aromatic carbocycles. The highest BCUT2D eigenvalue weighted by atomic mass is 32.1. The SMILES string of the molecule is CN(CC(C)(C)O)C(=O)[C@H]1CCc2c(sc3ncnc(Nc4ccn5nccc5c4)c23)C1. The molecular weight excluding hydrogens is 424 g/mol. The van der Waals surface area contributed by atoms with Gasteiger partial charge in [0.2, 0.25) is 5.91 Å². The van der Waals surface area contributed by atoms with Crippen molar-refractivity contribution < 1.29 is 9.90 Å². The molecule has 0 unspecified atom stereocenters. The van der Waals surface area contributed by atoms with Gasteiger partial charge in [-0.1, -0.05) is 0 Å². The molecule has 0 spiro atoms. The lowest BCUT2D eigenvalue weighted by molar-refractivity contribution is -0.137. The van der Waals surface area contributed by atoms with Crippen LogP contribution < -0.4 is 5.32 Å². The third-order valence-corrected chi connectivity index (χ3v) is 7.02. The number of nitrogens with one attached hydrogen (secondary N) is 1. The Morgan fingerprint density at radius 3 is 3.03 bits per heavy atom. The Morgan fingerprint density at radius 2 is 2.22 bits per heavy atom. The highest BCUT2D eigenvalue weighted by Crippen LogP contribution is 2.40. The molecule has 1 aliphatic carbocycles. The second kappa shape index (κ2) is 7.83. The van der Waals surface area contributed by atoms with Crippen molar-refractivity contribution in [3.8, 4) is 0 Å². The summed E-state index contributed by atoms with van der Waals surface area (Å²) in [6.45, 7) is 3.77. The maximum absolute atomic E-state index is 13.0. The Kier molecular flexibility index (Phi) is 5.10. The van der Waals surface area contributed by atoms with Crippen LogP contribution in [0, 0.1) is 5.92 Å². The molecule has 4 aromatic rings. The second-order valence-corrected chi connectivity index (χ2v) is 10.2. The van der Waals surface area contributed by atoms with Gasteiger partial charge in [0.1, 0.15) is 17.0 Å². The first-order valence-corrected chi connectivity index (χ1v) is 11.5. The molecule has 0 saturated carbocycles. The fourth-order valence-electron chi connectivity index (χ4n) is 4.52. The number of nitrogens with zero attached hydrogens (tertiary/aromatic N) is 5. The van der Waals surface area contributed by atoms with Crippen LogP contribution in [-0.4, -0.2) is 54.7 Å². The lowest BCUT2D eigenvalue weighted by Crippen LogP contribution is -2.43. The Hall–Kier alpha value is -3.04. The predicted octanol–water partition coefficient (Wildman–Crippen LogP) is 3.42. The zero-order valence-corrected chi connectivity index (χ0v) is 19.2. The summed E-state index contributed by atoms with van der Waals surface area (Å²) in [6, 6.07) is 5.96. The van der Waals surface area contributed by atoms with E-state index in [-0.39, 0.29) is 11.8 Å². The van der Waals surface area contributed by atoms with Crippen LogP contribution in [0.25, 0.3) is 15.7 Å². The average Bonchev–Trinajstić information content (AvgIpc) is 3.35. The van der Waals surface area contributed by atoms with Gasteiger partial charge < -0.3 is 15.3 Å². The Balaban J connectivity index is 1.42. The number of thiophene rings is 1. The van der Waals surface area contributed by atoms with Crippen molar-refractivity contribution in [3.05, 3.63) is 47.4 Å². The highest BCUT2D eigenvalue weighted by molar-refractivity contribution is 7.19. The molecule has 8 nitrogen and oxygen atoms in total. The number of likely N-dealkylation sites (N-methyl/N-ethyl adjacent to an activating group) is 1. The zero-order chi connectivity index (χ0) is 22.5. The van der Waals surface area contributed by atoms with E-state index in [1.807, 2.05) is 28.9 Å². The van der Waals surface area contributed by atoms with E-state index in [9.17, 15) is 9.90 Å². The molecule has 1 atom stereocenters. The molecule has 9 heteroatoms. The summed E-state index contributed by atoms with van der Waals surface area (Å²) in [5.41, 5.74) is 2.28. The topological polar surface area (TPSA) is 95.6 Å². The van der Waals surface area contributed by atoms with Gasteiger partial charge >= 0.3 is 0 Å². The Bertz CT molecular complexity index is 1310. The van der Waals surface area contributed by atoms with Crippen LogP contribution in [0.4, 0.5) is 11.5 Å². The summed E-state index contributed by atoms with van der Waals surface area (Å²) in [4.78, 5) is 25.8. The number of carbonyl (C=O) groups excluding carboxylic acids is 1. The normalized spacial score (nSPS) is 16.3. The maximum Gasteiger partial charge on any atom is 0.225 e. The van der Waals surface area contributed by atoms with Crippen LogP contribution in [0.2, 0.25) is 0 Å². The largest absolute Gasteiger partial charge is 0.389 e. The van der Waals surface area contributed by atoms with Gasteiger partial charge in [-0.25, -0.2) is 14.5 Å². The van der Waals surface area contributed by atoms with Crippen molar-refractivity contribution in [3.63, 3.8) is 0 Å². The van der Waals surface area contributed by atoms with E-state index in [0.29, 0.717) is 13.0 Å². The van der Waals surface area contributed by atoms with Gasteiger partial charge in [-0.2, -0.15) is 5.10 Å². The molecule has 166 valence electrons. The van der Waals surface area contributed by atoms with Crippen LogP contribution in [0.5, 0.6) is 0 Å². The van der Waals surface area contributed by atoms with Crippen LogP contribution in [0.3, 0.4) is 0 Å². The van der Waals surface area contributed by atoms with E-state index in [1.54, 1.807) is 49.7 Å². The van der Waals surface area contributed by atoms with E-state index in [2.05, 4.69) is 20.4 Å². The maximum atomic E-state index is 13.0. The number of pyridine rings is 1. The first kappa shape index (κ1) is 20.8. The van der Waals surface area contributed by atoms with Crippen LogP contribution >= 0.6 is 11.3 Å². The molecule has 5 rings (SSSR count). The first-order valence-electron chi connectivity index (χ1n) is 10.7. The van der Waals surface area contributed by atoms with Gasteiger partial charge in [0, 0.05) is 42.5 Å². The number of aromatic nitrogens is 4. The third-order valence-electron chi connectivity index (χ3n) is 5.86. The number of fused-ring (bicyclic) bond motifs is 4. The molecule has 4 aromatic heterocycles. The van der Waals surface area contributed by atoms with Crippen LogP contribution in [-0.2, 0) is 17.6 Å². The van der Waals surface area contributed by atoms with Gasteiger partial charge in [0.15, 0.2) is 0 Å². The predicted molar refractivity (Wildman–Crippen MR) is 125 cm³/mol. The number of anilines is 2. The van der Waals surface area contributed by atoms with Crippen molar-refractivity contribution in [2.45, 2.75) is 38.7 Å². The van der Waals surface area contributed by atoms with Crippen molar-refractivity contribution in [1.82, 2.24) is 24.5 Å². The van der Waals surface area contributed by atoms with E-state index in [1.165, 1.54) is 10.4 Å². The molecule has 0 aliphatic heterocycles. The standard InChI is InChI=1S/C23H26N6O2S/c1-23(2,31)12-28(3)22(30)14-4-5-17-18(10-14)32-21-19(17)20(24-13-25-21)27-15-7-9-29-16(11-15)6-8-26-29/h6-9,11,13-14,31H,4-5,10,12H2,1-3H3,(H,24,25,27)/t14-/m0/s1. The summed E-state index contributed by atoms with van der Waals surface area (Å²) in [5, 5.41) is 18.8. The zero-order valence-electron chi connectivity index (χ0n) is 18.4. The molecule has 0 bridgehead atoms. The second-order valence-electron chi connectivity index (χ2n) is 9.09. The molecule has 2 N–H and O–H groups in total. The van der Waals surface area contributed by atoms with Gasteiger partial charge in [0.05, 0.1) is 16.5 Å². The minimum absolute atomic E-state index is 0.0726. The molecule has 0 fully saturated rings. The van der Waals surface area contributed by atoms with Crippen LogP contribution in [0.15, 0.2) is 36.9 Å². The quantitative estimate of drug-likeness (QED) is 0.484. The number of aryl methyl sites for hydroxylation is 1. The van der Waals surface area contributed by atoms with Crippen LogP contribution in [0.1, 0.15) is 30.7 Å². The summed E-state index contributed by atoms with van der Waals surface area (Å²) in [5.74, 6) is 0.811. The van der Waals surface area contributed by atoms with Gasteiger partial charge in [-0.05, 0) is 56.9 Å². The number of carbonyl (C=O) groups is 1. The summed E-state index contributed by atoms with van der Waals surface area (Å²) in [6.07, 6.45) is 7.57.